The van der Waals surface area contributed by atoms with Crippen molar-refractivity contribution in [3.8, 4) is 5.75 Å². The number of nitrogens with one attached hydrogen (secondary N) is 3. The van der Waals surface area contributed by atoms with E-state index in [4.69, 9.17) is 4.74 Å². The normalized spacial score (nSPS) is 13.6. The third-order valence-corrected chi connectivity index (χ3v) is 5.33. The predicted molar refractivity (Wildman–Crippen MR) is 124 cm³/mol. The molecule has 3 N–H and O–H groups in total. The fourth-order valence-electron chi connectivity index (χ4n) is 3.22. The molecule has 1 unspecified atom stereocenters. The lowest BCUT2D eigenvalue weighted by molar-refractivity contribution is -0.118. The molecule has 0 bridgehead atoms. The van der Waals surface area contributed by atoms with Crippen molar-refractivity contribution in [1.29, 1.82) is 0 Å². The molecule has 0 fully saturated rings. The standard InChI is InChI=1S/C22H26N4O4S/c1-3-30-19-11-7-5-9-16(19)24-21(28)17(12-13-31-2)25-22(29)26-14-20(27)23-15-8-4-6-10-18(15)26/h4-11,17H,3,12-14H2,1-2H3,(H,23,27)(H,24,28)(H,25,29). The summed E-state index contributed by atoms with van der Waals surface area (Å²) >= 11 is 1.58. The zero-order valence-electron chi connectivity index (χ0n) is 17.5. The van der Waals surface area contributed by atoms with E-state index in [1.54, 1.807) is 54.2 Å². The number of ether oxygens (including phenoxy) is 1. The van der Waals surface area contributed by atoms with Crippen molar-refractivity contribution in [2.24, 2.45) is 0 Å². The molecule has 1 atom stereocenters. The highest BCUT2D eigenvalue weighted by Gasteiger charge is 2.30. The molecule has 164 valence electrons. The molecule has 2 aromatic carbocycles. The minimum absolute atomic E-state index is 0.118. The van der Waals surface area contributed by atoms with Gasteiger partial charge in [0.05, 0.1) is 23.7 Å². The molecule has 0 spiro atoms. The highest BCUT2D eigenvalue weighted by molar-refractivity contribution is 7.98. The number of anilines is 3. The maximum atomic E-state index is 13.0. The molecule has 1 aliphatic rings. The molecule has 9 heteroatoms. The topological polar surface area (TPSA) is 99.8 Å². The van der Waals surface area contributed by atoms with Gasteiger partial charge in [0, 0.05) is 0 Å². The summed E-state index contributed by atoms with van der Waals surface area (Å²) in [5.41, 5.74) is 1.69. The minimum Gasteiger partial charge on any atom is -0.492 e. The molecule has 31 heavy (non-hydrogen) atoms. The Morgan fingerprint density at radius 3 is 2.71 bits per heavy atom. The molecule has 2 aromatic rings. The van der Waals surface area contributed by atoms with E-state index >= 15 is 0 Å². The van der Waals surface area contributed by atoms with E-state index in [9.17, 15) is 14.4 Å². The SMILES string of the molecule is CCOc1ccccc1NC(=O)C(CCSC)NC(=O)N1CC(=O)Nc2ccccc21. The number of hydrogen-bond donors (Lipinski definition) is 3. The lowest BCUT2D eigenvalue weighted by Crippen LogP contribution is -2.53. The second kappa shape index (κ2) is 10.7. The van der Waals surface area contributed by atoms with Gasteiger partial charge in [-0.2, -0.15) is 11.8 Å². The van der Waals surface area contributed by atoms with Gasteiger partial charge in [0.1, 0.15) is 18.3 Å². The molecular weight excluding hydrogens is 416 g/mol. The summed E-state index contributed by atoms with van der Waals surface area (Å²) in [5.74, 6) is 0.617. The van der Waals surface area contributed by atoms with Gasteiger partial charge in [-0.25, -0.2) is 4.79 Å². The fraction of sp³-hybridized carbons (Fsp3) is 0.318. The molecule has 4 amide bonds. The molecule has 0 aliphatic carbocycles. The maximum absolute atomic E-state index is 13.0. The van der Waals surface area contributed by atoms with Crippen LogP contribution < -0.4 is 25.6 Å². The van der Waals surface area contributed by atoms with Gasteiger partial charge in [0.2, 0.25) is 11.8 Å². The Kier molecular flexibility index (Phi) is 7.77. The van der Waals surface area contributed by atoms with Crippen molar-refractivity contribution in [1.82, 2.24) is 5.32 Å². The van der Waals surface area contributed by atoms with E-state index < -0.39 is 12.1 Å². The molecule has 0 saturated heterocycles. The van der Waals surface area contributed by atoms with Crippen LogP contribution in [0.25, 0.3) is 0 Å². The molecule has 3 rings (SSSR count). The van der Waals surface area contributed by atoms with Crippen LogP contribution in [0.4, 0.5) is 21.9 Å². The van der Waals surface area contributed by atoms with Gasteiger partial charge in [-0.15, -0.1) is 0 Å². The Morgan fingerprint density at radius 2 is 1.94 bits per heavy atom. The van der Waals surface area contributed by atoms with Gasteiger partial charge in [-0.1, -0.05) is 24.3 Å². The van der Waals surface area contributed by atoms with Gasteiger partial charge >= 0.3 is 6.03 Å². The summed E-state index contributed by atoms with van der Waals surface area (Å²) in [6.07, 6.45) is 2.38. The van der Waals surface area contributed by atoms with Crippen LogP contribution in [0.3, 0.4) is 0 Å². The minimum atomic E-state index is -0.771. The summed E-state index contributed by atoms with van der Waals surface area (Å²) in [6, 6.07) is 12.9. The van der Waals surface area contributed by atoms with E-state index in [2.05, 4.69) is 16.0 Å². The second-order valence-electron chi connectivity index (χ2n) is 6.85. The number of carbonyl (C=O) groups excluding carboxylic acids is 3. The van der Waals surface area contributed by atoms with Crippen LogP contribution in [0.2, 0.25) is 0 Å². The van der Waals surface area contributed by atoms with E-state index in [-0.39, 0.29) is 18.4 Å². The summed E-state index contributed by atoms with van der Waals surface area (Å²) < 4.78 is 5.57. The van der Waals surface area contributed by atoms with Gasteiger partial charge < -0.3 is 20.7 Å². The van der Waals surface area contributed by atoms with Gasteiger partial charge in [-0.3, -0.25) is 14.5 Å². The van der Waals surface area contributed by atoms with Crippen molar-refractivity contribution < 1.29 is 19.1 Å². The van der Waals surface area contributed by atoms with Crippen molar-refractivity contribution in [2.75, 3.05) is 40.7 Å². The molecule has 0 aromatic heterocycles. The monoisotopic (exact) mass is 442 g/mol. The Bertz CT molecular complexity index is 953. The zero-order valence-corrected chi connectivity index (χ0v) is 18.3. The number of urea groups is 1. The summed E-state index contributed by atoms with van der Waals surface area (Å²) in [6.45, 7) is 2.22. The van der Waals surface area contributed by atoms with Crippen molar-refractivity contribution in [3.63, 3.8) is 0 Å². The number of thioether (sulfide) groups is 1. The molecule has 1 heterocycles. The van der Waals surface area contributed by atoms with Gasteiger partial charge in [0.25, 0.3) is 0 Å². The highest BCUT2D eigenvalue weighted by Crippen LogP contribution is 2.29. The molecule has 8 nitrogen and oxygen atoms in total. The van der Waals surface area contributed by atoms with Crippen molar-refractivity contribution in [2.45, 2.75) is 19.4 Å². The first-order chi connectivity index (χ1) is 15.0. The average Bonchev–Trinajstić information content (AvgIpc) is 2.77. The van der Waals surface area contributed by atoms with Gasteiger partial charge in [0.15, 0.2) is 0 Å². The van der Waals surface area contributed by atoms with Crippen LogP contribution in [0.15, 0.2) is 48.5 Å². The van der Waals surface area contributed by atoms with Crippen molar-refractivity contribution >= 4 is 46.7 Å². The lowest BCUT2D eigenvalue weighted by Gasteiger charge is -2.30. The van der Waals surface area contributed by atoms with Crippen LogP contribution in [-0.4, -0.2) is 49.0 Å². The number of para-hydroxylation sites is 4. The number of nitrogens with zero attached hydrogens (tertiary/aromatic N) is 1. The Morgan fingerprint density at radius 1 is 1.19 bits per heavy atom. The average molecular weight is 443 g/mol. The van der Waals surface area contributed by atoms with E-state index in [0.29, 0.717) is 41.6 Å². The Labute approximate surface area is 185 Å². The van der Waals surface area contributed by atoms with E-state index in [0.717, 1.165) is 0 Å². The molecule has 1 aliphatic heterocycles. The number of rotatable bonds is 8. The number of fused-ring (bicyclic) bond motifs is 1. The third-order valence-electron chi connectivity index (χ3n) is 4.69. The fourth-order valence-corrected chi connectivity index (χ4v) is 3.69. The largest absolute Gasteiger partial charge is 0.492 e. The highest BCUT2D eigenvalue weighted by atomic mass is 32.2. The first kappa shape index (κ1) is 22.5. The Balaban J connectivity index is 1.76. The molecule has 0 saturated carbocycles. The number of amides is 4. The lowest BCUT2D eigenvalue weighted by atomic mass is 10.1. The Hall–Kier alpha value is -3.20. The second-order valence-corrected chi connectivity index (χ2v) is 7.84. The molecule has 0 radical (unpaired) electrons. The smallest absolute Gasteiger partial charge is 0.323 e. The van der Waals surface area contributed by atoms with Crippen molar-refractivity contribution in [3.05, 3.63) is 48.5 Å². The molecular formula is C22H26N4O4S. The number of carbonyl (C=O) groups is 3. The van der Waals surface area contributed by atoms with Crippen LogP contribution in [-0.2, 0) is 9.59 Å². The van der Waals surface area contributed by atoms with Crippen LogP contribution in [0.5, 0.6) is 5.75 Å². The van der Waals surface area contributed by atoms with Crippen LogP contribution >= 0.6 is 11.8 Å². The van der Waals surface area contributed by atoms with E-state index in [1.807, 2.05) is 19.2 Å². The van der Waals surface area contributed by atoms with Crippen LogP contribution in [0, 0.1) is 0 Å². The first-order valence-electron chi connectivity index (χ1n) is 10.0. The quantitative estimate of drug-likeness (QED) is 0.582. The summed E-state index contributed by atoms with van der Waals surface area (Å²) in [4.78, 5) is 39.4. The summed E-state index contributed by atoms with van der Waals surface area (Å²) in [5, 5.41) is 8.40. The van der Waals surface area contributed by atoms with Gasteiger partial charge in [-0.05, 0) is 49.6 Å². The zero-order chi connectivity index (χ0) is 22.2. The first-order valence-corrected chi connectivity index (χ1v) is 11.4. The predicted octanol–water partition coefficient (Wildman–Crippen LogP) is 3.31. The third kappa shape index (κ3) is 5.69. The number of hydrogen-bond acceptors (Lipinski definition) is 5. The van der Waals surface area contributed by atoms with Crippen LogP contribution in [0.1, 0.15) is 13.3 Å². The number of benzene rings is 2. The summed E-state index contributed by atoms with van der Waals surface area (Å²) in [7, 11) is 0. The maximum Gasteiger partial charge on any atom is 0.323 e. The van der Waals surface area contributed by atoms with E-state index in [1.165, 1.54) is 4.90 Å².